The Morgan fingerprint density at radius 3 is 2.73 bits per heavy atom. The molecule has 0 bridgehead atoms. The molecule has 0 amide bonds. The number of ether oxygens (including phenoxy) is 1. The molecule has 1 aromatic rings. The van der Waals surface area contributed by atoms with E-state index in [0.29, 0.717) is 18.2 Å². The Kier molecular flexibility index (Phi) is 4.28. The molecule has 0 aromatic heterocycles. The van der Waals surface area contributed by atoms with Crippen molar-refractivity contribution in [1.82, 2.24) is 0 Å². The molecule has 0 unspecified atom stereocenters. The third-order valence-corrected chi connectivity index (χ3v) is 2.07. The quantitative estimate of drug-likeness (QED) is 0.731. The minimum absolute atomic E-state index is 0.597. The molecule has 1 rings (SSSR count). The summed E-state index contributed by atoms with van der Waals surface area (Å²) in [5.41, 5.74) is 7.62. The van der Waals surface area contributed by atoms with Crippen LogP contribution in [0, 0.1) is 5.92 Å². The standard InChI is InChI=1S/C12H20N2O/c1-4-15-11-7-5-6-10(12(11)13)14-8-9(2)3/h5-7,9,14H,4,8,13H2,1-3H3. The molecule has 3 nitrogen and oxygen atoms in total. The van der Waals surface area contributed by atoms with Crippen molar-refractivity contribution in [3.8, 4) is 5.75 Å². The summed E-state index contributed by atoms with van der Waals surface area (Å²) >= 11 is 0. The van der Waals surface area contributed by atoms with E-state index < -0.39 is 0 Å². The monoisotopic (exact) mass is 208 g/mol. The summed E-state index contributed by atoms with van der Waals surface area (Å²) in [5.74, 6) is 1.35. The number of nitrogen functional groups attached to an aromatic ring is 1. The molecule has 3 N–H and O–H groups in total. The summed E-state index contributed by atoms with van der Waals surface area (Å²) < 4.78 is 5.42. The Bertz CT molecular complexity index is 310. The van der Waals surface area contributed by atoms with Gasteiger partial charge in [0.1, 0.15) is 5.75 Å². The fourth-order valence-corrected chi connectivity index (χ4v) is 1.29. The first kappa shape index (κ1) is 11.7. The molecule has 0 aliphatic carbocycles. The lowest BCUT2D eigenvalue weighted by molar-refractivity contribution is 0.342. The van der Waals surface area contributed by atoms with E-state index in [1.54, 1.807) is 0 Å². The van der Waals surface area contributed by atoms with Gasteiger partial charge in [-0.15, -0.1) is 0 Å². The maximum absolute atomic E-state index is 5.97. The Hall–Kier alpha value is -1.38. The van der Waals surface area contributed by atoms with E-state index in [1.165, 1.54) is 0 Å². The summed E-state index contributed by atoms with van der Waals surface area (Å²) in [4.78, 5) is 0. The van der Waals surface area contributed by atoms with Gasteiger partial charge < -0.3 is 15.8 Å². The van der Waals surface area contributed by atoms with Crippen LogP contribution >= 0.6 is 0 Å². The predicted molar refractivity (Wildman–Crippen MR) is 65.4 cm³/mol. The maximum Gasteiger partial charge on any atom is 0.144 e. The van der Waals surface area contributed by atoms with Crippen LogP contribution in [-0.2, 0) is 0 Å². The molecule has 0 radical (unpaired) electrons. The molecule has 0 atom stereocenters. The molecule has 15 heavy (non-hydrogen) atoms. The van der Waals surface area contributed by atoms with Gasteiger partial charge >= 0.3 is 0 Å². The summed E-state index contributed by atoms with van der Waals surface area (Å²) in [6.07, 6.45) is 0. The lowest BCUT2D eigenvalue weighted by atomic mass is 10.2. The molecule has 3 heteroatoms. The number of nitrogens with one attached hydrogen (secondary N) is 1. The van der Waals surface area contributed by atoms with Crippen molar-refractivity contribution in [1.29, 1.82) is 0 Å². The van der Waals surface area contributed by atoms with Crippen LogP contribution in [0.4, 0.5) is 11.4 Å². The van der Waals surface area contributed by atoms with Crippen LogP contribution in [0.1, 0.15) is 20.8 Å². The van der Waals surface area contributed by atoms with Crippen molar-refractivity contribution in [2.24, 2.45) is 5.92 Å². The summed E-state index contributed by atoms with van der Waals surface area (Å²) in [7, 11) is 0. The molecular weight excluding hydrogens is 188 g/mol. The molecule has 0 heterocycles. The first-order valence-electron chi connectivity index (χ1n) is 5.40. The second-order valence-electron chi connectivity index (χ2n) is 3.93. The van der Waals surface area contributed by atoms with E-state index in [0.717, 1.165) is 18.0 Å². The van der Waals surface area contributed by atoms with E-state index in [4.69, 9.17) is 10.5 Å². The van der Waals surface area contributed by atoms with E-state index >= 15 is 0 Å². The van der Waals surface area contributed by atoms with Crippen LogP contribution in [0.25, 0.3) is 0 Å². The van der Waals surface area contributed by atoms with Gasteiger partial charge in [-0.25, -0.2) is 0 Å². The molecule has 0 spiro atoms. The number of anilines is 2. The number of hydrogen-bond donors (Lipinski definition) is 2. The largest absolute Gasteiger partial charge is 0.492 e. The van der Waals surface area contributed by atoms with Crippen LogP contribution in [0.3, 0.4) is 0 Å². The van der Waals surface area contributed by atoms with Crippen molar-refractivity contribution < 1.29 is 4.74 Å². The van der Waals surface area contributed by atoms with E-state index in [2.05, 4.69) is 19.2 Å². The first-order valence-corrected chi connectivity index (χ1v) is 5.40. The topological polar surface area (TPSA) is 47.3 Å². The highest BCUT2D eigenvalue weighted by atomic mass is 16.5. The molecule has 0 fully saturated rings. The van der Waals surface area contributed by atoms with Gasteiger partial charge in [-0.3, -0.25) is 0 Å². The van der Waals surface area contributed by atoms with Gasteiger partial charge in [-0.1, -0.05) is 19.9 Å². The van der Waals surface area contributed by atoms with Crippen molar-refractivity contribution in [2.75, 3.05) is 24.2 Å². The molecule has 0 aliphatic heterocycles. The highest BCUT2D eigenvalue weighted by Gasteiger charge is 2.05. The lowest BCUT2D eigenvalue weighted by Crippen LogP contribution is -2.10. The SMILES string of the molecule is CCOc1cccc(NCC(C)C)c1N. The smallest absolute Gasteiger partial charge is 0.144 e. The number of hydrogen-bond acceptors (Lipinski definition) is 3. The van der Waals surface area contributed by atoms with E-state index in [9.17, 15) is 0 Å². The molecule has 0 saturated heterocycles. The second kappa shape index (κ2) is 5.49. The molecule has 1 aromatic carbocycles. The Labute approximate surface area is 91.6 Å². The zero-order valence-electron chi connectivity index (χ0n) is 9.71. The van der Waals surface area contributed by atoms with Crippen molar-refractivity contribution in [2.45, 2.75) is 20.8 Å². The number of nitrogens with two attached hydrogens (primary N) is 1. The third-order valence-electron chi connectivity index (χ3n) is 2.07. The third kappa shape index (κ3) is 3.35. The number of benzene rings is 1. The zero-order chi connectivity index (χ0) is 11.3. The van der Waals surface area contributed by atoms with Crippen molar-refractivity contribution in [3.05, 3.63) is 18.2 Å². The van der Waals surface area contributed by atoms with Crippen molar-refractivity contribution >= 4 is 11.4 Å². The van der Waals surface area contributed by atoms with Gasteiger partial charge in [0.2, 0.25) is 0 Å². The molecule has 84 valence electrons. The van der Waals surface area contributed by atoms with Crippen LogP contribution in [0.5, 0.6) is 5.75 Å². The predicted octanol–water partition coefficient (Wildman–Crippen LogP) is 2.74. The van der Waals surface area contributed by atoms with Gasteiger partial charge in [0.05, 0.1) is 18.0 Å². The average Bonchev–Trinajstić information content (AvgIpc) is 2.19. The maximum atomic E-state index is 5.97. The average molecular weight is 208 g/mol. The van der Waals surface area contributed by atoms with Crippen molar-refractivity contribution in [3.63, 3.8) is 0 Å². The minimum atomic E-state index is 0.597. The second-order valence-corrected chi connectivity index (χ2v) is 3.93. The fourth-order valence-electron chi connectivity index (χ4n) is 1.29. The zero-order valence-corrected chi connectivity index (χ0v) is 9.71. The highest BCUT2D eigenvalue weighted by molar-refractivity contribution is 5.72. The van der Waals surface area contributed by atoms with Crippen LogP contribution in [0.15, 0.2) is 18.2 Å². The molecular formula is C12H20N2O. The molecule has 0 aliphatic rings. The van der Waals surface area contributed by atoms with Gasteiger partial charge in [0.25, 0.3) is 0 Å². The number of rotatable bonds is 5. The van der Waals surface area contributed by atoms with E-state index in [1.807, 2.05) is 25.1 Å². The van der Waals surface area contributed by atoms with Gasteiger partial charge in [-0.2, -0.15) is 0 Å². The summed E-state index contributed by atoms with van der Waals surface area (Å²) in [6.45, 7) is 7.83. The normalized spacial score (nSPS) is 10.4. The van der Waals surface area contributed by atoms with E-state index in [-0.39, 0.29) is 0 Å². The first-order chi connectivity index (χ1) is 7.15. The van der Waals surface area contributed by atoms with Gasteiger partial charge in [0, 0.05) is 6.54 Å². The summed E-state index contributed by atoms with van der Waals surface area (Å²) in [5, 5.41) is 3.31. The van der Waals surface area contributed by atoms with Gasteiger partial charge in [-0.05, 0) is 25.0 Å². The number of para-hydroxylation sites is 1. The highest BCUT2D eigenvalue weighted by Crippen LogP contribution is 2.29. The van der Waals surface area contributed by atoms with Gasteiger partial charge in [0.15, 0.2) is 0 Å². The van der Waals surface area contributed by atoms with Crippen LogP contribution < -0.4 is 15.8 Å². The Balaban J connectivity index is 2.75. The van der Waals surface area contributed by atoms with Crippen LogP contribution in [-0.4, -0.2) is 13.2 Å². The Morgan fingerprint density at radius 2 is 2.13 bits per heavy atom. The minimum Gasteiger partial charge on any atom is -0.492 e. The Morgan fingerprint density at radius 1 is 1.40 bits per heavy atom. The fraction of sp³-hybridized carbons (Fsp3) is 0.500. The summed E-state index contributed by atoms with van der Waals surface area (Å²) in [6, 6.07) is 5.81. The van der Waals surface area contributed by atoms with Crippen LogP contribution in [0.2, 0.25) is 0 Å². The lowest BCUT2D eigenvalue weighted by Gasteiger charge is -2.14. The molecule has 0 saturated carbocycles.